The first kappa shape index (κ1) is 8.74. The van der Waals surface area contributed by atoms with Crippen molar-refractivity contribution < 1.29 is 4.84 Å². The Balaban J connectivity index is 2.27. The Kier molecular flexibility index (Phi) is 2.07. The second-order valence-corrected chi connectivity index (χ2v) is 3.87. The summed E-state index contributed by atoms with van der Waals surface area (Å²) in [4.78, 5) is 5.61. The second kappa shape index (κ2) is 3.55. The third-order valence-electron chi connectivity index (χ3n) is 2.86. The molecule has 0 unspecified atom stereocenters. The molecular weight excluding hydrogens is 186 g/mol. The number of fused-ring (bicyclic) bond motifs is 3. The summed E-state index contributed by atoms with van der Waals surface area (Å²) >= 11 is 0. The zero-order valence-electron chi connectivity index (χ0n) is 8.49. The van der Waals surface area contributed by atoms with Gasteiger partial charge in [0.2, 0.25) is 0 Å². The maximum Gasteiger partial charge on any atom is 0.158 e. The van der Waals surface area contributed by atoms with E-state index < -0.39 is 0 Å². The number of hydrogen-bond acceptors (Lipinski definition) is 2. The van der Waals surface area contributed by atoms with Crippen LogP contribution in [0.15, 0.2) is 36.4 Å². The SMILES string of the molecule is c1ccc2c3c(ccc2c1)CCCNO3. The van der Waals surface area contributed by atoms with Gasteiger partial charge in [0.05, 0.1) is 0 Å². The minimum Gasteiger partial charge on any atom is -0.408 e. The molecule has 1 heterocycles. The topological polar surface area (TPSA) is 21.3 Å². The van der Waals surface area contributed by atoms with Crippen LogP contribution in [0.4, 0.5) is 0 Å². The molecule has 0 aromatic heterocycles. The predicted octanol–water partition coefficient (Wildman–Crippen LogP) is 2.67. The van der Waals surface area contributed by atoms with Crippen molar-refractivity contribution in [2.24, 2.45) is 0 Å². The molecule has 1 aliphatic heterocycles. The Morgan fingerprint density at radius 2 is 2.00 bits per heavy atom. The van der Waals surface area contributed by atoms with Crippen molar-refractivity contribution in [2.75, 3.05) is 6.54 Å². The first-order valence-corrected chi connectivity index (χ1v) is 5.35. The highest BCUT2D eigenvalue weighted by Crippen LogP contribution is 2.31. The Morgan fingerprint density at radius 1 is 1.07 bits per heavy atom. The van der Waals surface area contributed by atoms with Gasteiger partial charge in [0.25, 0.3) is 0 Å². The van der Waals surface area contributed by atoms with Crippen molar-refractivity contribution in [1.29, 1.82) is 0 Å². The van der Waals surface area contributed by atoms with Crippen molar-refractivity contribution in [3.63, 3.8) is 0 Å². The third kappa shape index (κ3) is 1.47. The van der Waals surface area contributed by atoms with Crippen LogP contribution in [0.1, 0.15) is 12.0 Å². The van der Waals surface area contributed by atoms with Crippen LogP contribution in [0.2, 0.25) is 0 Å². The zero-order chi connectivity index (χ0) is 10.1. The van der Waals surface area contributed by atoms with Crippen LogP contribution >= 0.6 is 0 Å². The van der Waals surface area contributed by atoms with Crippen LogP contribution in [-0.2, 0) is 6.42 Å². The molecule has 76 valence electrons. The lowest BCUT2D eigenvalue weighted by Gasteiger charge is -2.09. The molecule has 0 radical (unpaired) electrons. The molecule has 3 rings (SSSR count). The van der Waals surface area contributed by atoms with E-state index in [1.54, 1.807) is 0 Å². The maximum absolute atomic E-state index is 5.61. The number of rotatable bonds is 0. The fourth-order valence-corrected chi connectivity index (χ4v) is 2.08. The molecule has 0 aliphatic carbocycles. The van der Waals surface area contributed by atoms with E-state index in [0.717, 1.165) is 25.1 Å². The lowest BCUT2D eigenvalue weighted by molar-refractivity contribution is 0.204. The standard InChI is InChI=1S/C13H13NO/c1-2-6-12-10(4-1)7-8-11-5-3-9-14-15-13(11)12/h1-2,4,6-8,14H,3,5,9H2. The van der Waals surface area contributed by atoms with E-state index in [9.17, 15) is 0 Å². The fraction of sp³-hybridized carbons (Fsp3) is 0.231. The second-order valence-electron chi connectivity index (χ2n) is 3.87. The summed E-state index contributed by atoms with van der Waals surface area (Å²) < 4.78 is 0. The molecular formula is C13H13NO. The number of nitrogens with one attached hydrogen (secondary N) is 1. The summed E-state index contributed by atoms with van der Waals surface area (Å²) in [6.45, 7) is 0.920. The number of hydrogen-bond donors (Lipinski definition) is 1. The van der Waals surface area contributed by atoms with Crippen molar-refractivity contribution in [1.82, 2.24) is 5.48 Å². The molecule has 0 amide bonds. The first-order chi connectivity index (χ1) is 7.45. The third-order valence-corrected chi connectivity index (χ3v) is 2.86. The zero-order valence-corrected chi connectivity index (χ0v) is 8.49. The van der Waals surface area contributed by atoms with Gasteiger partial charge in [0.1, 0.15) is 0 Å². The lowest BCUT2D eigenvalue weighted by Crippen LogP contribution is -2.17. The molecule has 0 atom stereocenters. The van der Waals surface area contributed by atoms with Crippen LogP contribution in [0.5, 0.6) is 5.75 Å². The Bertz CT molecular complexity index is 493. The maximum atomic E-state index is 5.61. The molecule has 2 nitrogen and oxygen atoms in total. The van der Waals surface area contributed by atoms with Gasteiger partial charge < -0.3 is 4.84 Å². The van der Waals surface area contributed by atoms with Crippen LogP contribution in [0.25, 0.3) is 10.8 Å². The summed E-state index contributed by atoms with van der Waals surface area (Å²) in [5.74, 6) is 1.01. The van der Waals surface area contributed by atoms with E-state index in [0.29, 0.717) is 0 Å². The average Bonchev–Trinajstić information content (AvgIpc) is 2.54. The minimum atomic E-state index is 0.920. The molecule has 1 N–H and O–H groups in total. The van der Waals surface area contributed by atoms with Gasteiger partial charge in [0, 0.05) is 11.9 Å². The van der Waals surface area contributed by atoms with E-state index in [1.807, 2.05) is 0 Å². The summed E-state index contributed by atoms with van der Waals surface area (Å²) in [6.07, 6.45) is 2.22. The molecule has 15 heavy (non-hydrogen) atoms. The van der Waals surface area contributed by atoms with Gasteiger partial charge in [0.15, 0.2) is 5.75 Å². The van der Waals surface area contributed by atoms with Gasteiger partial charge in [-0.05, 0) is 23.8 Å². The van der Waals surface area contributed by atoms with Crippen LogP contribution < -0.4 is 10.3 Å². The van der Waals surface area contributed by atoms with E-state index in [1.165, 1.54) is 16.3 Å². The van der Waals surface area contributed by atoms with Gasteiger partial charge in [-0.15, -0.1) is 0 Å². The molecule has 0 saturated heterocycles. The summed E-state index contributed by atoms with van der Waals surface area (Å²) in [5.41, 5.74) is 4.30. The van der Waals surface area contributed by atoms with Crippen molar-refractivity contribution in [3.8, 4) is 5.75 Å². The first-order valence-electron chi connectivity index (χ1n) is 5.35. The molecule has 2 aromatic carbocycles. The van der Waals surface area contributed by atoms with Crippen molar-refractivity contribution in [3.05, 3.63) is 42.0 Å². The quantitative estimate of drug-likeness (QED) is 0.704. The minimum absolute atomic E-state index is 0.920. The van der Waals surface area contributed by atoms with E-state index in [2.05, 4.69) is 41.9 Å². The van der Waals surface area contributed by atoms with Gasteiger partial charge in [-0.1, -0.05) is 36.4 Å². The largest absolute Gasteiger partial charge is 0.408 e. The van der Waals surface area contributed by atoms with Crippen LogP contribution in [0.3, 0.4) is 0 Å². The predicted molar refractivity (Wildman–Crippen MR) is 60.9 cm³/mol. The normalized spacial score (nSPS) is 15.5. The average molecular weight is 199 g/mol. The van der Waals surface area contributed by atoms with E-state index >= 15 is 0 Å². The summed E-state index contributed by atoms with van der Waals surface area (Å²) in [6, 6.07) is 12.7. The Morgan fingerprint density at radius 3 is 3.00 bits per heavy atom. The summed E-state index contributed by atoms with van der Waals surface area (Å²) in [7, 11) is 0. The molecule has 2 heteroatoms. The smallest absolute Gasteiger partial charge is 0.158 e. The van der Waals surface area contributed by atoms with Gasteiger partial charge in [-0.25, -0.2) is 0 Å². The molecule has 1 aliphatic rings. The highest BCUT2D eigenvalue weighted by Gasteiger charge is 2.11. The monoisotopic (exact) mass is 199 g/mol. The Hall–Kier alpha value is -1.54. The number of benzene rings is 2. The molecule has 0 saturated carbocycles. The van der Waals surface area contributed by atoms with Gasteiger partial charge in [-0.3, -0.25) is 0 Å². The van der Waals surface area contributed by atoms with Gasteiger partial charge >= 0.3 is 0 Å². The van der Waals surface area contributed by atoms with Crippen LogP contribution in [0, 0.1) is 0 Å². The lowest BCUT2D eigenvalue weighted by atomic mass is 10.0. The van der Waals surface area contributed by atoms with Gasteiger partial charge in [-0.2, -0.15) is 5.48 Å². The van der Waals surface area contributed by atoms with Crippen molar-refractivity contribution >= 4 is 10.8 Å². The molecule has 0 bridgehead atoms. The number of hydroxylamine groups is 1. The fourth-order valence-electron chi connectivity index (χ4n) is 2.08. The van der Waals surface area contributed by atoms with Crippen molar-refractivity contribution in [2.45, 2.75) is 12.8 Å². The Labute approximate surface area is 88.8 Å². The van der Waals surface area contributed by atoms with E-state index in [4.69, 9.17) is 4.84 Å². The molecule has 0 spiro atoms. The highest BCUT2D eigenvalue weighted by molar-refractivity contribution is 5.89. The van der Waals surface area contributed by atoms with Crippen LogP contribution in [-0.4, -0.2) is 6.54 Å². The van der Waals surface area contributed by atoms with E-state index in [-0.39, 0.29) is 0 Å². The molecule has 2 aromatic rings. The number of aryl methyl sites for hydroxylation is 1. The highest BCUT2D eigenvalue weighted by atomic mass is 16.6. The summed E-state index contributed by atoms with van der Waals surface area (Å²) in [5, 5.41) is 2.43. The molecule has 0 fully saturated rings.